The number of anilines is 1. The van der Waals surface area contributed by atoms with Gasteiger partial charge in [-0.3, -0.25) is 0 Å². The number of sulfonamides is 1. The highest BCUT2D eigenvalue weighted by Crippen LogP contribution is 2.20. The molecule has 0 amide bonds. The Morgan fingerprint density at radius 1 is 1.00 bits per heavy atom. The van der Waals surface area contributed by atoms with Crippen molar-refractivity contribution < 1.29 is 13.2 Å². The second kappa shape index (κ2) is 7.92. The average Bonchev–Trinajstić information content (AvgIpc) is 2.63. The standard InChI is InChI=1S/C19H26N4O3S/c1-13-9-15(3)18(10-14(13)2)27(24,25)20-12-17-11-16(4)21-19(22-17)23-5-7-26-8-6-23/h9-11,20H,5-8,12H2,1-4H3. The van der Waals surface area contributed by atoms with Crippen LogP contribution in [-0.4, -0.2) is 44.7 Å². The van der Waals surface area contributed by atoms with Crippen LogP contribution in [0.25, 0.3) is 0 Å². The normalized spacial score (nSPS) is 15.2. The molecule has 1 saturated heterocycles. The van der Waals surface area contributed by atoms with Crippen LogP contribution in [0.15, 0.2) is 23.1 Å². The van der Waals surface area contributed by atoms with Crippen LogP contribution in [0, 0.1) is 27.7 Å². The van der Waals surface area contributed by atoms with Gasteiger partial charge in [-0.2, -0.15) is 0 Å². The van der Waals surface area contributed by atoms with Gasteiger partial charge in [0, 0.05) is 18.8 Å². The second-order valence-corrected chi connectivity index (χ2v) is 8.66. The molecule has 1 aromatic carbocycles. The summed E-state index contributed by atoms with van der Waals surface area (Å²) >= 11 is 0. The van der Waals surface area contributed by atoms with Gasteiger partial charge >= 0.3 is 0 Å². The van der Waals surface area contributed by atoms with E-state index in [-0.39, 0.29) is 6.54 Å². The van der Waals surface area contributed by atoms with Crippen molar-refractivity contribution in [3.8, 4) is 0 Å². The topological polar surface area (TPSA) is 84.4 Å². The minimum atomic E-state index is -3.62. The van der Waals surface area contributed by atoms with Crippen molar-refractivity contribution in [3.63, 3.8) is 0 Å². The van der Waals surface area contributed by atoms with Crippen molar-refractivity contribution in [2.45, 2.75) is 39.1 Å². The number of aromatic nitrogens is 2. The molecule has 1 N–H and O–H groups in total. The third kappa shape index (κ3) is 4.63. The quantitative estimate of drug-likeness (QED) is 0.841. The summed E-state index contributed by atoms with van der Waals surface area (Å²) in [6.45, 7) is 10.5. The Morgan fingerprint density at radius 2 is 1.67 bits per heavy atom. The average molecular weight is 391 g/mol. The summed E-state index contributed by atoms with van der Waals surface area (Å²) in [5, 5.41) is 0. The zero-order chi connectivity index (χ0) is 19.6. The highest BCUT2D eigenvalue weighted by Gasteiger charge is 2.19. The summed E-state index contributed by atoms with van der Waals surface area (Å²) in [5.74, 6) is 0.620. The molecular formula is C19H26N4O3S. The molecule has 1 fully saturated rings. The molecular weight excluding hydrogens is 364 g/mol. The molecule has 0 spiro atoms. The van der Waals surface area contributed by atoms with Gasteiger partial charge in [-0.15, -0.1) is 0 Å². The molecule has 146 valence electrons. The molecule has 1 aromatic heterocycles. The number of rotatable bonds is 5. The van der Waals surface area contributed by atoms with Gasteiger partial charge in [0.1, 0.15) is 0 Å². The fourth-order valence-corrected chi connectivity index (χ4v) is 4.39. The van der Waals surface area contributed by atoms with Gasteiger partial charge < -0.3 is 9.64 Å². The SMILES string of the molecule is Cc1cc(CNS(=O)(=O)c2cc(C)c(C)cc2C)nc(N2CCOCC2)n1. The van der Waals surface area contributed by atoms with E-state index in [0.717, 1.165) is 35.5 Å². The molecule has 2 heterocycles. The Hall–Kier alpha value is -2.03. The minimum absolute atomic E-state index is 0.120. The molecule has 8 heteroatoms. The van der Waals surface area contributed by atoms with Crippen LogP contribution in [-0.2, 0) is 21.3 Å². The lowest BCUT2D eigenvalue weighted by atomic mass is 10.1. The zero-order valence-electron chi connectivity index (χ0n) is 16.2. The van der Waals surface area contributed by atoms with E-state index in [1.54, 1.807) is 12.1 Å². The van der Waals surface area contributed by atoms with Crippen molar-refractivity contribution in [1.29, 1.82) is 0 Å². The molecule has 2 aromatic rings. The van der Waals surface area contributed by atoms with Gasteiger partial charge in [-0.05, 0) is 56.5 Å². The van der Waals surface area contributed by atoms with Crippen molar-refractivity contribution in [1.82, 2.24) is 14.7 Å². The first kappa shape index (κ1) is 19.7. The maximum Gasteiger partial charge on any atom is 0.241 e. The maximum absolute atomic E-state index is 12.8. The molecule has 0 bridgehead atoms. The van der Waals surface area contributed by atoms with Crippen molar-refractivity contribution in [2.24, 2.45) is 0 Å². The molecule has 0 atom stereocenters. The van der Waals surface area contributed by atoms with E-state index in [4.69, 9.17) is 4.74 Å². The fraction of sp³-hybridized carbons (Fsp3) is 0.474. The Labute approximate surface area is 160 Å². The summed E-state index contributed by atoms with van der Waals surface area (Å²) < 4.78 is 33.6. The summed E-state index contributed by atoms with van der Waals surface area (Å²) in [6, 6.07) is 5.42. The van der Waals surface area contributed by atoms with Crippen LogP contribution in [0.1, 0.15) is 28.1 Å². The second-order valence-electron chi connectivity index (χ2n) is 6.93. The molecule has 27 heavy (non-hydrogen) atoms. The van der Waals surface area contributed by atoms with Crippen LogP contribution in [0.5, 0.6) is 0 Å². The fourth-order valence-electron chi connectivity index (χ4n) is 3.08. The first-order valence-electron chi connectivity index (χ1n) is 9.01. The van der Waals surface area contributed by atoms with Crippen LogP contribution < -0.4 is 9.62 Å². The number of nitrogens with one attached hydrogen (secondary N) is 1. The highest BCUT2D eigenvalue weighted by atomic mass is 32.2. The first-order chi connectivity index (χ1) is 12.8. The van der Waals surface area contributed by atoms with E-state index in [0.29, 0.717) is 29.8 Å². The summed E-state index contributed by atoms with van der Waals surface area (Å²) in [4.78, 5) is 11.4. The molecule has 0 aliphatic carbocycles. The van der Waals surface area contributed by atoms with E-state index in [1.165, 1.54) is 0 Å². The Kier molecular flexibility index (Phi) is 5.78. The molecule has 1 aliphatic rings. The lowest BCUT2D eigenvalue weighted by Crippen LogP contribution is -2.37. The van der Waals surface area contributed by atoms with Crippen LogP contribution >= 0.6 is 0 Å². The third-order valence-corrected chi connectivity index (χ3v) is 6.26. The number of aryl methyl sites for hydroxylation is 4. The van der Waals surface area contributed by atoms with Crippen molar-refractivity contribution in [3.05, 3.63) is 46.3 Å². The zero-order valence-corrected chi connectivity index (χ0v) is 17.1. The van der Waals surface area contributed by atoms with Crippen LogP contribution in [0.4, 0.5) is 5.95 Å². The highest BCUT2D eigenvalue weighted by molar-refractivity contribution is 7.89. The molecule has 3 rings (SSSR count). The Balaban J connectivity index is 1.79. The number of hydrogen-bond acceptors (Lipinski definition) is 6. The van der Waals surface area contributed by atoms with Gasteiger partial charge in [0.25, 0.3) is 0 Å². The van der Waals surface area contributed by atoms with E-state index in [1.807, 2.05) is 33.8 Å². The monoisotopic (exact) mass is 390 g/mol. The maximum atomic E-state index is 12.8. The predicted molar refractivity (Wildman–Crippen MR) is 104 cm³/mol. The summed E-state index contributed by atoms with van der Waals surface area (Å²) in [5.41, 5.74) is 4.22. The van der Waals surface area contributed by atoms with E-state index in [9.17, 15) is 8.42 Å². The summed E-state index contributed by atoms with van der Waals surface area (Å²) in [6.07, 6.45) is 0. The predicted octanol–water partition coefficient (Wildman–Crippen LogP) is 2.03. The molecule has 7 nitrogen and oxygen atoms in total. The molecule has 0 saturated carbocycles. The van der Waals surface area contributed by atoms with Gasteiger partial charge in [-0.1, -0.05) is 6.07 Å². The third-order valence-electron chi connectivity index (χ3n) is 4.71. The number of benzene rings is 1. The number of morpholine rings is 1. The number of nitrogens with zero attached hydrogens (tertiary/aromatic N) is 3. The lowest BCUT2D eigenvalue weighted by molar-refractivity contribution is 0.122. The van der Waals surface area contributed by atoms with E-state index >= 15 is 0 Å². The van der Waals surface area contributed by atoms with Crippen molar-refractivity contribution >= 4 is 16.0 Å². The van der Waals surface area contributed by atoms with Crippen LogP contribution in [0.3, 0.4) is 0 Å². The molecule has 0 unspecified atom stereocenters. The van der Waals surface area contributed by atoms with Gasteiger partial charge in [0.2, 0.25) is 16.0 Å². The first-order valence-corrected chi connectivity index (χ1v) is 10.5. The van der Waals surface area contributed by atoms with Crippen LogP contribution in [0.2, 0.25) is 0 Å². The van der Waals surface area contributed by atoms with Gasteiger partial charge in [0.15, 0.2) is 0 Å². The minimum Gasteiger partial charge on any atom is -0.378 e. The number of ether oxygens (including phenoxy) is 1. The Morgan fingerprint density at radius 3 is 2.37 bits per heavy atom. The summed E-state index contributed by atoms with van der Waals surface area (Å²) in [7, 11) is -3.62. The molecule has 1 aliphatic heterocycles. The van der Waals surface area contributed by atoms with Gasteiger partial charge in [-0.25, -0.2) is 23.1 Å². The molecule has 0 radical (unpaired) electrons. The van der Waals surface area contributed by atoms with E-state index < -0.39 is 10.0 Å². The van der Waals surface area contributed by atoms with Gasteiger partial charge in [0.05, 0.1) is 30.3 Å². The Bertz CT molecular complexity index is 938. The van der Waals surface area contributed by atoms with E-state index in [2.05, 4.69) is 19.6 Å². The largest absolute Gasteiger partial charge is 0.378 e. The number of hydrogen-bond donors (Lipinski definition) is 1. The van der Waals surface area contributed by atoms with Crippen molar-refractivity contribution in [2.75, 3.05) is 31.2 Å². The lowest BCUT2D eigenvalue weighted by Gasteiger charge is -2.27. The smallest absolute Gasteiger partial charge is 0.241 e.